The molecular weight excluding hydrogens is 270 g/mol. The molecule has 21 heavy (non-hydrogen) atoms. The second-order valence-corrected chi connectivity index (χ2v) is 5.85. The summed E-state index contributed by atoms with van der Waals surface area (Å²) in [7, 11) is 0. The number of hydrogen-bond donors (Lipinski definition) is 2. The number of hydrogen-bond acceptors (Lipinski definition) is 3. The van der Waals surface area contributed by atoms with Crippen molar-refractivity contribution in [1.82, 2.24) is 5.32 Å². The number of aromatic carboxylic acids is 1. The third kappa shape index (κ3) is 3.07. The van der Waals surface area contributed by atoms with Crippen molar-refractivity contribution in [2.24, 2.45) is 5.41 Å². The first kappa shape index (κ1) is 15.1. The average Bonchev–Trinajstić information content (AvgIpc) is 2.66. The van der Waals surface area contributed by atoms with E-state index < -0.39 is 12.1 Å². The van der Waals surface area contributed by atoms with Gasteiger partial charge in [0.2, 0.25) is 0 Å². The maximum absolute atomic E-state index is 11.8. The van der Waals surface area contributed by atoms with E-state index in [0.29, 0.717) is 6.42 Å². The van der Waals surface area contributed by atoms with Crippen LogP contribution < -0.4 is 5.32 Å². The summed E-state index contributed by atoms with van der Waals surface area (Å²) in [6.45, 7) is 7.72. The first-order valence-electron chi connectivity index (χ1n) is 6.75. The molecule has 0 aromatic heterocycles. The lowest BCUT2D eigenvalue weighted by Crippen LogP contribution is -2.36. The molecule has 2 N–H and O–H groups in total. The molecule has 1 aliphatic rings. The van der Waals surface area contributed by atoms with Gasteiger partial charge in [-0.1, -0.05) is 32.6 Å². The molecule has 1 atom stereocenters. The third-order valence-electron chi connectivity index (χ3n) is 3.72. The van der Waals surface area contributed by atoms with Gasteiger partial charge in [0.15, 0.2) is 0 Å². The molecule has 1 aromatic rings. The minimum Gasteiger partial charge on any atom is -0.478 e. The van der Waals surface area contributed by atoms with Gasteiger partial charge in [-0.15, -0.1) is 0 Å². The number of alkyl carbamates (subject to hydrolysis) is 1. The van der Waals surface area contributed by atoms with Crippen LogP contribution in [0.25, 0.3) is 0 Å². The van der Waals surface area contributed by atoms with Gasteiger partial charge in [0.05, 0.1) is 11.6 Å². The van der Waals surface area contributed by atoms with Crippen LogP contribution in [0.2, 0.25) is 0 Å². The molecular formula is C16H19NO4. The van der Waals surface area contributed by atoms with Crippen LogP contribution in [-0.4, -0.2) is 23.8 Å². The summed E-state index contributed by atoms with van der Waals surface area (Å²) in [5.41, 5.74) is 1.96. The summed E-state index contributed by atoms with van der Waals surface area (Å²) < 4.78 is 4.96. The van der Waals surface area contributed by atoms with Crippen LogP contribution in [-0.2, 0) is 11.2 Å². The number of rotatable bonds is 4. The lowest BCUT2D eigenvalue weighted by atomic mass is 9.85. The second-order valence-electron chi connectivity index (χ2n) is 5.85. The molecule has 0 saturated carbocycles. The SMILES string of the molecule is C=CCOC(=O)NC1c2ccc(C(=O)O)cc2CC1(C)C. The molecule has 2 rings (SSSR count). The Balaban J connectivity index is 2.25. The summed E-state index contributed by atoms with van der Waals surface area (Å²) in [4.78, 5) is 22.8. The predicted octanol–water partition coefficient (Wildman–Crippen LogP) is 2.92. The van der Waals surface area contributed by atoms with Crippen molar-refractivity contribution in [3.63, 3.8) is 0 Å². The Labute approximate surface area is 123 Å². The molecule has 112 valence electrons. The van der Waals surface area contributed by atoms with Crippen LogP contribution in [0.4, 0.5) is 4.79 Å². The standard InChI is InChI=1S/C16H19NO4/c1-4-7-21-15(20)17-13-12-6-5-10(14(18)19)8-11(12)9-16(13,2)3/h4-6,8,13H,1,7,9H2,2-3H3,(H,17,20)(H,18,19). The number of ether oxygens (including phenoxy) is 1. The highest BCUT2D eigenvalue weighted by atomic mass is 16.5. The lowest BCUT2D eigenvalue weighted by molar-refractivity contribution is 0.0696. The van der Waals surface area contributed by atoms with E-state index in [-0.39, 0.29) is 23.6 Å². The number of carboxylic acids is 1. The first-order valence-corrected chi connectivity index (χ1v) is 6.75. The lowest BCUT2D eigenvalue weighted by Gasteiger charge is -2.28. The van der Waals surface area contributed by atoms with Gasteiger partial charge in [-0.3, -0.25) is 0 Å². The summed E-state index contributed by atoms with van der Waals surface area (Å²) in [5, 5.41) is 11.9. The fraction of sp³-hybridized carbons (Fsp3) is 0.375. The molecule has 0 heterocycles. The molecule has 1 aliphatic carbocycles. The van der Waals surface area contributed by atoms with Crippen molar-refractivity contribution in [3.05, 3.63) is 47.5 Å². The normalized spacial score (nSPS) is 18.7. The molecule has 0 saturated heterocycles. The zero-order valence-electron chi connectivity index (χ0n) is 12.2. The van der Waals surface area contributed by atoms with Crippen molar-refractivity contribution in [2.75, 3.05) is 6.61 Å². The monoisotopic (exact) mass is 289 g/mol. The number of nitrogens with one attached hydrogen (secondary N) is 1. The smallest absolute Gasteiger partial charge is 0.407 e. The Morgan fingerprint density at radius 1 is 1.52 bits per heavy atom. The van der Waals surface area contributed by atoms with Crippen LogP contribution in [0.1, 0.15) is 41.4 Å². The van der Waals surface area contributed by atoms with Gasteiger partial charge in [-0.25, -0.2) is 9.59 Å². The van der Waals surface area contributed by atoms with Crippen molar-refractivity contribution in [2.45, 2.75) is 26.3 Å². The zero-order valence-corrected chi connectivity index (χ0v) is 12.2. The Kier molecular flexibility index (Phi) is 4.02. The quantitative estimate of drug-likeness (QED) is 0.836. The Morgan fingerprint density at radius 2 is 2.24 bits per heavy atom. The van der Waals surface area contributed by atoms with E-state index in [1.165, 1.54) is 6.08 Å². The van der Waals surface area contributed by atoms with Crippen LogP contribution in [0.15, 0.2) is 30.9 Å². The molecule has 1 amide bonds. The van der Waals surface area contributed by atoms with Crippen molar-refractivity contribution < 1.29 is 19.4 Å². The van der Waals surface area contributed by atoms with Crippen molar-refractivity contribution >= 4 is 12.1 Å². The third-order valence-corrected chi connectivity index (χ3v) is 3.72. The summed E-state index contributed by atoms with van der Waals surface area (Å²) in [5.74, 6) is -0.947. The van der Waals surface area contributed by atoms with Gasteiger partial charge in [-0.05, 0) is 35.1 Å². The zero-order chi connectivity index (χ0) is 15.6. The van der Waals surface area contributed by atoms with E-state index in [1.807, 2.05) is 13.8 Å². The fourth-order valence-electron chi connectivity index (χ4n) is 2.75. The molecule has 0 fully saturated rings. The van der Waals surface area contributed by atoms with Crippen molar-refractivity contribution in [1.29, 1.82) is 0 Å². The molecule has 0 aliphatic heterocycles. The van der Waals surface area contributed by atoms with E-state index in [9.17, 15) is 9.59 Å². The Bertz CT molecular complexity index is 592. The van der Waals surface area contributed by atoms with Gasteiger partial charge in [0, 0.05) is 0 Å². The average molecular weight is 289 g/mol. The van der Waals surface area contributed by atoms with Gasteiger partial charge < -0.3 is 15.2 Å². The van der Waals surface area contributed by atoms with Gasteiger partial charge in [0.25, 0.3) is 0 Å². The summed E-state index contributed by atoms with van der Waals surface area (Å²) in [6.07, 6.45) is 1.71. The van der Waals surface area contributed by atoms with E-state index in [1.54, 1.807) is 18.2 Å². The highest BCUT2D eigenvalue weighted by Crippen LogP contribution is 2.45. The maximum Gasteiger partial charge on any atom is 0.407 e. The van der Waals surface area contributed by atoms with Crippen LogP contribution in [0.5, 0.6) is 0 Å². The van der Waals surface area contributed by atoms with E-state index >= 15 is 0 Å². The molecule has 0 bridgehead atoms. The molecule has 1 aromatic carbocycles. The first-order chi connectivity index (χ1) is 9.85. The second kappa shape index (κ2) is 5.60. The van der Waals surface area contributed by atoms with Crippen LogP contribution in [0, 0.1) is 5.41 Å². The van der Waals surface area contributed by atoms with Gasteiger partial charge >= 0.3 is 12.1 Å². The molecule has 5 nitrogen and oxygen atoms in total. The van der Waals surface area contributed by atoms with E-state index in [2.05, 4.69) is 11.9 Å². The largest absolute Gasteiger partial charge is 0.478 e. The molecule has 0 radical (unpaired) electrons. The minimum absolute atomic E-state index is 0.157. The minimum atomic E-state index is -0.947. The van der Waals surface area contributed by atoms with Crippen LogP contribution >= 0.6 is 0 Å². The summed E-state index contributed by atoms with van der Waals surface area (Å²) >= 11 is 0. The molecule has 0 spiro atoms. The Morgan fingerprint density at radius 3 is 2.86 bits per heavy atom. The molecule has 1 unspecified atom stereocenters. The molecule has 5 heteroatoms. The number of carbonyl (C=O) groups excluding carboxylic acids is 1. The maximum atomic E-state index is 11.8. The van der Waals surface area contributed by atoms with E-state index in [4.69, 9.17) is 9.84 Å². The van der Waals surface area contributed by atoms with Crippen molar-refractivity contribution in [3.8, 4) is 0 Å². The highest BCUT2D eigenvalue weighted by molar-refractivity contribution is 5.88. The van der Waals surface area contributed by atoms with Gasteiger partial charge in [-0.2, -0.15) is 0 Å². The van der Waals surface area contributed by atoms with Crippen LogP contribution in [0.3, 0.4) is 0 Å². The van der Waals surface area contributed by atoms with E-state index in [0.717, 1.165) is 11.1 Å². The number of carboxylic acid groups (broad SMARTS) is 1. The number of carbonyl (C=O) groups is 2. The fourth-order valence-corrected chi connectivity index (χ4v) is 2.75. The number of amides is 1. The number of benzene rings is 1. The predicted molar refractivity (Wildman–Crippen MR) is 78.3 cm³/mol. The summed E-state index contributed by atoms with van der Waals surface area (Å²) in [6, 6.07) is 4.81. The number of fused-ring (bicyclic) bond motifs is 1. The Hall–Kier alpha value is -2.30. The van der Waals surface area contributed by atoms with Gasteiger partial charge in [0.1, 0.15) is 6.61 Å². The topological polar surface area (TPSA) is 75.6 Å². The highest BCUT2D eigenvalue weighted by Gasteiger charge is 2.40.